The maximum Gasteiger partial charge on any atom is 0.255 e. The van der Waals surface area contributed by atoms with E-state index in [-0.39, 0.29) is 17.1 Å². The van der Waals surface area contributed by atoms with Gasteiger partial charge >= 0.3 is 0 Å². The minimum absolute atomic E-state index is 0.219. The second-order valence-electron chi connectivity index (χ2n) is 6.57. The SMILES string of the molecule is CC(O)CC(C)(C)CNC(=O)c1cn[nH]c1-c1ccc(F)cc1. The fourth-order valence-corrected chi connectivity index (χ4v) is 2.58. The van der Waals surface area contributed by atoms with Crippen LogP contribution in [0.4, 0.5) is 4.39 Å². The number of hydrogen-bond acceptors (Lipinski definition) is 3. The van der Waals surface area contributed by atoms with E-state index < -0.39 is 6.10 Å². The second-order valence-corrected chi connectivity index (χ2v) is 6.57. The lowest BCUT2D eigenvalue weighted by Crippen LogP contribution is -2.35. The lowest BCUT2D eigenvalue weighted by Gasteiger charge is -2.26. The Balaban J connectivity index is 2.09. The van der Waals surface area contributed by atoms with Crippen LogP contribution in [0.1, 0.15) is 37.6 Å². The van der Waals surface area contributed by atoms with Gasteiger partial charge in [-0.2, -0.15) is 5.10 Å². The molecule has 1 aromatic carbocycles. The molecule has 1 heterocycles. The van der Waals surface area contributed by atoms with E-state index in [4.69, 9.17) is 0 Å². The number of nitrogens with one attached hydrogen (secondary N) is 2. The standard InChI is InChI=1S/C17H22FN3O2/c1-11(22)8-17(2,3)10-19-16(23)14-9-20-21-15(14)12-4-6-13(18)7-5-12/h4-7,9,11,22H,8,10H2,1-3H3,(H,19,23)(H,20,21). The summed E-state index contributed by atoms with van der Waals surface area (Å²) in [5.74, 6) is -0.587. The Morgan fingerprint density at radius 3 is 2.65 bits per heavy atom. The molecule has 1 atom stereocenters. The summed E-state index contributed by atoms with van der Waals surface area (Å²) in [6.45, 7) is 6.13. The zero-order valence-corrected chi connectivity index (χ0v) is 13.6. The lowest BCUT2D eigenvalue weighted by atomic mass is 9.87. The van der Waals surface area contributed by atoms with Gasteiger partial charge in [-0.3, -0.25) is 9.89 Å². The van der Waals surface area contributed by atoms with Crippen molar-refractivity contribution in [2.75, 3.05) is 6.54 Å². The molecule has 0 saturated heterocycles. The number of aliphatic hydroxyl groups is 1. The molecular weight excluding hydrogens is 297 g/mol. The molecule has 0 fully saturated rings. The van der Waals surface area contributed by atoms with Crippen LogP contribution in [-0.4, -0.2) is 33.9 Å². The Morgan fingerprint density at radius 2 is 2.04 bits per heavy atom. The van der Waals surface area contributed by atoms with Crippen molar-refractivity contribution in [3.8, 4) is 11.3 Å². The maximum atomic E-state index is 13.0. The highest BCUT2D eigenvalue weighted by molar-refractivity contribution is 5.99. The number of aromatic amines is 1. The molecule has 1 aromatic heterocycles. The third-order valence-electron chi connectivity index (χ3n) is 3.59. The van der Waals surface area contributed by atoms with Crippen LogP contribution in [0, 0.1) is 11.2 Å². The van der Waals surface area contributed by atoms with Gasteiger partial charge in [-0.25, -0.2) is 4.39 Å². The molecule has 1 unspecified atom stereocenters. The molecule has 6 heteroatoms. The van der Waals surface area contributed by atoms with Crippen molar-refractivity contribution in [3.63, 3.8) is 0 Å². The Hall–Kier alpha value is -2.21. The van der Waals surface area contributed by atoms with E-state index in [0.717, 1.165) is 0 Å². The van der Waals surface area contributed by atoms with Gasteiger partial charge in [-0.15, -0.1) is 0 Å². The quantitative estimate of drug-likeness (QED) is 0.766. The van der Waals surface area contributed by atoms with E-state index in [1.807, 2.05) is 13.8 Å². The number of H-pyrrole nitrogens is 1. The predicted octanol–water partition coefficient (Wildman–Crippen LogP) is 2.74. The zero-order valence-electron chi connectivity index (χ0n) is 13.6. The Kier molecular flexibility index (Phi) is 5.15. The van der Waals surface area contributed by atoms with Gasteiger partial charge in [0, 0.05) is 12.1 Å². The molecular formula is C17H22FN3O2. The van der Waals surface area contributed by atoms with Gasteiger partial charge in [0.25, 0.3) is 5.91 Å². The maximum absolute atomic E-state index is 13.0. The number of aromatic nitrogens is 2. The minimum atomic E-state index is -0.425. The fourth-order valence-electron chi connectivity index (χ4n) is 2.58. The van der Waals surface area contributed by atoms with Gasteiger partial charge in [-0.05, 0) is 43.0 Å². The third-order valence-corrected chi connectivity index (χ3v) is 3.59. The molecule has 23 heavy (non-hydrogen) atoms. The number of aliphatic hydroxyl groups excluding tert-OH is 1. The average molecular weight is 319 g/mol. The van der Waals surface area contributed by atoms with Crippen LogP contribution in [0.5, 0.6) is 0 Å². The van der Waals surface area contributed by atoms with E-state index >= 15 is 0 Å². The Labute approximate surface area is 134 Å². The van der Waals surface area contributed by atoms with Crippen molar-refractivity contribution in [2.24, 2.45) is 5.41 Å². The zero-order chi connectivity index (χ0) is 17.0. The molecule has 2 aromatic rings. The van der Waals surface area contributed by atoms with Gasteiger partial charge in [-0.1, -0.05) is 13.8 Å². The molecule has 0 bridgehead atoms. The number of benzene rings is 1. The highest BCUT2D eigenvalue weighted by Gasteiger charge is 2.23. The van der Waals surface area contributed by atoms with E-state index in [1.165, 1.54) is 18.3 Å². The largest absolute Gasteiger partial charge is 0.393 e. The van der Waals surface area contributed by atoms with Crippen LogP contribution >= 0.6 is 0 Å². The first-order valence-corrected chi connectivity index (χ1v) is 7.54. The van der Waals surface area contributed by atoms with Crippen LogP contribution in [0.3, 0.4) is 0 Å². The molecule has 0 aliphatic carbocycles. The van der Waals surface area contributed by atoms with E-state index in [2.05, 4.69) is 15.5 Å². The van der Waals surface area contributed by atoms with Crippen molar-refractivity contribution in [2.45, 2.75) is 33.3 Å². The number of carbonyl (C=O) groups is 1. The summed E-state index contributed by atoms with van der Waals surface area (Å²) in [7, 11) is 0. The number of halogens is 1. The van der Waals surface area contributed by atoms with E-state index in [0.29, 0.717) is 29.8 Å². The third kappa shape index (κ3) is 4.63. The number of hydrogen-bond donors (Lipinski definition) is 3. The molecule has 0 spiro atoms. The van der Waals surface area contributed by atoms with Gasteiger partial charge in [0.05, 0.1) is 23.6 Å². The summed E-state index contributed by atoms with van der Waals surface area (Å²) in [5, 5.41) is 19.1. The van der Waals surface area contributed by atoms with Crippen LogP contribution in [0.25, 0.3) is 11.3 Å². The van der Waals surface area contributed by atoms with Gasteiger partial charge in [0.2, 0.25) is 0 Å². The van der Waals surface area contributed by atoms with Crippen LogP contribution in [0.15, 0.2) is 30.5 Å². The summed E-state index contributed by atoms with van der Waals surface area (Å²) < 4.78 is 13.0. The number of carbonyl (C=O) groups excluding carboxylic acids is 1. The molecule has 0 aliphatic heterocycles. The average Bonchev–Trinajstić information content (AvgIpc) is 2.94. The molecule has 124 valence electrons. The van der Waals surface area contributed by atoms with Crippen LogP contribution in [0.2, 0.25) is 0 Å². The number of amides is 1. The smallest absolute Gasteiger partial charge is 0.255 e. The molecule has 0 radical (unpaired) electrons. The van der Waals surface area contributed by atoms with Crippen molar-refractivity contribution in [1.29, 1.82) is 0 Å². The molecule has 0 aliphatic rings. The minimum Gasteiger partial charge on any atom is -0.393 e. The molecule has 1 amide bonds. The number of rotatable bonds is 6. The predicted molar refractivity (Wildman–Crippen MR) is 86.4 cm³/mol. The van der Waals surface area contributed by atoms with Crippen molar-refractivity contribution in [3.05, 3.63) is 41.8 Å². The summed E-state index contributed by atoms with van der Waals surface area (Å²) >= 11 is 0. The number of nitrogens with zero attached hydrogens (tertiary/aromatic N) is 1. The topological polar surface area (TPSA) is 78.0 Å². The Bertz CT molecular complexity index is 663. The lowest BCUT2D eigenvalue weighted by molar-refractivity contribution is 0.0902. The second kappa shape index (κ2) is 6.91. The summed E-state index contributed by atoms with van der Waals surface area (Å²) in [5.41, 5.74) is 1.43. The van der Waals surface area contributed by atoms with Gasteiger partial charge < -0.3 is 10.4 Å². The monoisotopic (exact) mass is 319 g/mol. The Morgan fingerprint density at radius 1 is 1.39 bits per heavy atom. The first-order chi connectivity index (χ1) is 10.8. The summed E-state index contributed by atoms with van der Waals surface area (Å²) in [6, 6.07) is 5.86. The van der Waals surface area contributed by atoms with Crippen LogP contribution in [-0.2, 0) is 0 Å². The molecule has 2 rings (SSSR count). The summed E-state index contributed by atoms with van der Waals surface area (Å²) in [6.07, 6.45) is 1.62. The molecule has 0 saturated carbocycles. The van der Waals surface area contributed by atoms with Crippen molar-refractivity contribution >= 4 is 5.91 Å². The normalized spacial score (nSPS) is 12.9. The van der Waals surface area contributed by atoms with Gasteiger partial charge in [0.15, 0.2) is 0 Å². The fraction of sp³-hybridized carbons (Fsp3) is 0.412. The van der Waals surface area contributed by atoms with E-state index in [9.17, 15) is 14.3 Å². The van der Waals surface area contributed by atoms with Crippen LogP contribution < -0.4 is 5.32 Å². The highest BCUT2D eigenvalue weighted by Crippen LogP contribution is 2.23. The first kappa shape index (κ1) is 17.1. The van der Waals surface area contributed by atoms with E-state index in [1.54, 1.807) is 19.1 Å². The molecule has 3 N–H and O–H groups in total. The van der Waals surface area contributed by atoms with Gasteiger partial charge in [0.1, 0.15) is 5.82 Å². The van der Waals surface area contributed by atoms with Crippen molar-refractivity contribution in [1.82, 2.24) is 15.5 Å². The highest BCUT2D eigenvalue weighted by atomic mass is 19.1. The first-order valence-electron chi connectivity index (χ1n) is 7.54. The summed E-state index contributed by atoms with van der Waals surface area (Å²) in [4.78, 5) is 12.4. The van der Waals surface area contributed by atoms with Crippen molar-refractivity contribution < 1.29 is 14.3 Å². The molecule has 5 nitrogen and oxygen atoms in total.